The summed E-state index contributed by atoms with van der Waals surface area (Å²) in [6, 6.07) is -0.0382. The van der Waals surface area contributed by atoms with E-state index in [0.29, 0.717) is 11.8 Å². The van der Waals surface area contributed by atoms with E-state index in [1.165, 1.54) is 0 Å². The highest BCUT2D eigenvalue weighted by atomic mass is 16.4. The van der Waals surface area contributed by atoms with Gasteiger partial charge in [-0.05, 0) is 38.0 Å². The molecule has 1 aliphatic rings. The van der Waals surface area contributed by atoms with E-state index in [0.717, 1.165) is 18.6 Å². The standard InChI is InChI=1S/C16H27N3O2/c1-9-8-18-15(21-9)11(3)19-14(20)12-6-7-13(17)10(2)16(12,4)5/h8,10-13H,6-7,17H2,1-5H3,(H,19,20). The van der Waals surface area contributed by atoms with Gasteiger partial charge in [-0.1, -0.05) is 20.8 Å². The maximum atomic E-state index is 12.6. The van der Waals surface area contributed by atoms with E-state index in [1.54, 1.807) is 6.20 Å². The maximum Gasteiger partial charge on any atom is 0.224 e. The fraction of sp³-hybridized carbons (Fsp3) is 0.750. The SMILES string of the molecule is Cc1cnc(C(C)NC(=O)C2CCC(N)C(C)C2(C)C)o1. The minimum Gasteiger partial charge on any atom is -0.444 e. The van der Waals surface area contributed by atoms with E-state index in [4.69, 9.17) is 10.2 Å². The molecule has 1 aromatic heterocycles. The molecular formula is C16H27N3O2. The molecule has 21 heavy (non-hydrogen) atoms. The molecule has 5 nitrogen and oxygen atoms in total. The monoisotopic (exact) mass is 293 g/mol. The van der Waals surface area contributed by atoms with Gasteiger partial charge in [-0.3, -0.25) is 4.79 Å². The number of oxazole rings is 1. The second kappa shape index (κ2) is 5.79. The lowest BCUT2D eigenvalue weighted by Gasteiger charge is -2.46. The van der Waals surface area contributed by atoms with Crippen molar-refractivity contribution >= 4 is 5.91 Å². The molecule has 0 bridgehead atoms. The van der Waals surface area contributed by atoms with E-state index >= 15 is 0 Å². The van der Waals surface area contributed by atoms with Crippen molar-refractivity contribution in [3.05, 3.63) is 17.8 Å². The summed E-state index contributed by atoms with van der Waals surface area (Å²) < 4.78 is 5.48. The number of carbonyl (C=O) groups is 1. The summed E-state index contributed by atoms with van der Waals surface area (Å²) in [6.07, 6.45) is 3.40. The first-order valence-corrected chi connectivity index (χ1v) is 7.71. The fourth-order valence-electron chi connectivity index (χ4n) is 3.27. The van der Waals surface area contributed by atoms with Crippen LogP contribution in [0.2, 0.25) is 0 Å². The molecule has 3 N–H and O–H groups in total. The largest absolute Gasteiger partial charge is 0.444 e. The van der Waals surface area contributed by atoms with Crippen LogP contribution in [-0.4, -0.2) is 16.9 Å². The molecule has 2 rings (SSSR count). The first-order valence-electron chi connectivity index (χ1n) is 7.71. The van der Waals surface area contributed by atoms with Crippen molar-refractivity contribution in [3.8, 4) is 0 Å². The molecule has 0 radical (unpaired) electrons. The van der Waals surface area contributed by atoms with E-state index in [9.17, 15) is 4.79 Å². The zero-order valence-electron chi connectivity index (χ0n) is 13.6. The third-order valence-electron chi connectivity index (χ3n) is 5.19. The molecule has 4 atom stereocenters. The van der Waals surface area contributed by atoms with Crippen LogP contribution in [0.25, 0.3) is 0 Å². The zero-order valence-corrected chi connectivity index (χ0v) is 13.6. The third kappa shape index (κ3) is 3.12. The van der Waals surface area contributed by atoms with Gasteiger partial charge in [-0.2, -0.15) is 0 Å². The lowest BCUT2D eigenvalue weighted by molar-refractivity contribution is -0.133. The van der Waals surface area contributed by atoms with Gasteiger partial charge in [0.25, 0.3) is 0 Å². The Morgan fingerprint density at radius 1 is 1.52 bits per heavy atom. The van der Waals surface area contributed by atoms with Gasteiger partial charge in [-0.25, -0.2) is 4.98 Å². The Morgan fingerprint density at radius 3 is 2.76 bits per heavy atom. The Balaban J connectivity index is 2.06. The lowest BCUT2D eigenvalue weighted by Crippen LogP contribution is -2.51. The van der Waals surface area contributed by atoms with E-state index in [2.05, 4.69) is 31.1 Å². The van der Waals surface area contributed by atoms with Crippen LogP contribution in [0.1, 0.15) is 58.2 Å². The molecule has 5 heteroatoms. The van der Waals surface area contributed by atoms with Crippen LogP contribution in [0, 0.1) is 24.2 Å². The summed E-state index contributed by atoms with van der Waals surface area (Å²) >= 11 is 0. The predicted molar refractivity (Wildman–Crippen MR) is 81.4 cm³/mol. The maximum absolute atomic E-state index is 12.6. The van der Waals surface area contributed by atoms with Gasteiger partial charge in [-0.15, -0.1) is 0 Å². The van der Waals surface area contributed by atoms with E-state index in [1.807, 2.05) is 13.8 Å². The second-order valence-electron chi connectivity index (χ2n) is 6.94. The van der Waals surface area contributed by atoms with Crippen molar-refractivity contribution in [2.24, 2.45) is 23.0 Å². The first kappa shape index (κ1) is 16.0. The Labute approximate surface area is 126 Å². The van der Waals surface area contributed by atoms with Gasteiger partial charge in [0, 0.05) is 12.0 Å². The van der Waals surface area contributed by atoms with Crippen molar-refractivity contribution in [1.29, 1.82) is 0 Å². The number of nitrogens with one attached hydrogen (secondary N) is 1. The Kier molecular flexibility index (Phi) is 4.42. The minimum absolute atomic E-state index is 0.0224. The molecule has 1 aromatic rings. The highest BCUT2D eigenvalue weighted by Crippen LogP contribution is 2.44. The smallest absolute Gasteiger partial charge is 0.224 e. The van der Waals surface area contributed by atoms with Gasteiger partial charge >= 0.3 is 0 Å². The molecule has 1 saturated carbocycles. The van der Waals surface area contributed by atoms with Crippen LogP contribution in [0.3, 0.4) is 0 Å². The van der Waals surface area contributed by atoms with Crippen LogP contribution in [-0.2, 0) is 4.79 Å². The predicted octanol–water partition coefficient (Wildman–Crippen LogP) is 2.56. The number of aromatic nitrogens is 1. The molecule has 0 spiro atoms. The molecule has 4 unspecified atom stereocenters. The summed E-state index contributed by atoms with van der Waals surface area (Å²) in [4.78, 5) is 16.8. The topological polar surface area (TPSA) is 81.2 Å². The van der Waals surface area contributed by atoms with Crippen LogP contribution < -0.4 is 11.1 Å². The molecule has 0 saturated heterocycles. The first-order chi connectivity index (χ1) is 9.73. The average molecular weight is 293 g/mol. The molecule has 1 amide bonds. The van der Waals surface area contributed by atoms with Gasteiger partial charge in [0.15, 0.2) is 0 Å². The van der Waals surface area contributed by atoms with Crippen molar-refractivity contribution in [1.82, 2.24) is 10.3 Å². The van der Waals surface area contributed by atoms with Crippen LogP contribution in [0.5, 0.6) is 0 Å². The Hall–Kier alpha value is -1.36. The lowest BCUT2D eigenvalue weighted by atomic mass is 9.61. The van der Waals surface area contributed by atoms with Gasteiger partial charge in [0.2, 0.25) is 11.8 Å². The average Bonchev–Trinajstić information content (AvgIpc) is 2.82. The number of aryl methyl sites for hydroxylation is 1. The third-order valence-corrected chi connectivity index (χ3v) is 5.19. The summed E-state index contributed by atoms with van der Waals surface area (Å²) in [5.74, 6) is 1.68. The fourth-order valence-corrected chi connectivity index (χ4v) is 3.27. The molecule has 1 aliphatic carbocycles. The van der Waals surface area contributed by atoms with Crippen molar-refractivity contribution in [2.45, 2.75) is 59.5 Å². The van der Waals surface area contributed by atoms with Gasteiger partial charge < -0.3 is 15.5 Å². The van der Waals surface area contributed by atoms with Crippen LogP contribution in [0.15, 0.2) is 10.6 Å². The minimum atomic E-state index is -0.215. The summed E-state index contributed by atoms with van der Waals surface area (Å²) in [6.45, 7) is 10.2. The normalized spacial score (nSPS) is 29.9. The van der Waals surface area contributed by atoms with Crippen molar-refractivity contribution in [2.75, 3.05) is 0 Å². The zero-order chi connectivity index (χ0) is 15.8. The Morgan fingerprint density at radius 2 is 2.19 bits per heavy atom. The van der Waals surface area contributed by atoms with Crippen LogP contribution >= 0.6 is 0 Å². The highest BCUT2D eigenvalue weighted by Gasteiger charge is 2.45. The number of hydrogen-bond donors (Lipinski definition) is 2. The van der Waals surface area contributed by atoms with E-state index in [-0.39, 0.29) is 29.3 Å². The van der Waals surface area contributed by atoms with Gasteiger partial charge in [0.1, 0.15) is 11.8 Å². The molecule has 1 heterocycles. The van der Waals surface area contributed by atoms with Crippen LogP contribution in [0.4, 0.5) is 0 Å². The number of carbonyl (C=O) groups excluding carboxylic acids is 1. The number of nitrogens with zero attached hydrogens (tertiary/aromatic N) is 1. The van der Waals surface area contributed by atoms with Crippen molar-refractivity contribution < 1.29 is 9.21 Å². The number of nitrogens with two attached hydrogens (primary N) is 1. The van der Waals surface area contributed by atoms with E-state index < -0.39 is 0 Å². The number of amides is 1. The summed E-state index contributed by atoms with van der Waals surface area (Å²) in [5.41, 5.74) is 6.05. The highest BCUT2D eigenvalue weighted by molar-refractivity contribution is 5.80. The second-order valence-corrected chi connectivity index (χ2v) is 6.94. The quantitative estimate of drug-likeness (QED) is 0.897. The molecular weight excluding hydrogens is 266 g/mol. The van der Waals surface area contributed by atoms with Gasteiger partial charge in [0.05, 0.1) is 6.20 Å². The summed E-state index contributed by atoms with van der Waals surface area (Å²) in [7, 11) is 0. The number of rotatable bonds is 3. The summed E-state index contributed by atoms with van der Waals surface area (Å²) in [5, 5.41) is 3.03. The molecule has 0 aliphatic heterocycles. The van der Waals surface area contributed by atoms with Crippen molar-refractivity contribution in [3.63, 3.8) is 0 Å². The Bertz CT molecular complexity index is 509. The molecule has 0 aromatic carbocycles. The molecule has 1 fully saturated rings. The number of hydrogen-bond acceptors (Lipinski definition) is 4. The molecule has 118 valence electrons.